The molecule has 84 valence electrons. The van der Waals surface area contributed by atoms with Gasteiger partial charge >= 0.3 is 0 Å². The number of fused-ring (bicyclic) bond motifs is 1. The molecule has 2 aromatic rings. The lowest BCUT2D eigenvalue weighted by atomic mass is 10.2. The van der Waals surface area contributed by atoms with E-state index in [0.29, 0.717) is 11.1 Å². The van der Waals surface area contributed by atoms with Crippen LogP contribution in [0.5, 0.6) is 5.75 Å². The average Bonchev–Trinajstić information content (AvgIpc) is 2.63. The minimum absolute atomic E-state index is 0.00635. The molecule has 5 nitrogen and oxygen atoms in total. The molecule has 0 fully saturated rings. The van der Waals surface area contributed by atoms with Crippen LogP contribution in [0.1, 0.15) is 5.69 Å². The number of H-pyrrole nitrogens is 1. The number of nitrogens with zero attached hydrogens (tertiary/aromatic N) is 1. The molecule has 0 bridgehead atoms. The maximum absolute atomic E-state index is 9.92. The van der Waals surface area contributed by atoms with Crippen LogP contribution in [0.25, 0.3) is 17.0 Å². The lowest BCUT2D eigenvalue weighted by Gasteiger charge is -1.94. The van der Waals surface area contributed by atoms with Gasteiger partial charge in [0, 0.05) is 10.9 Å². The van der Waals surface area contributed by atoms with Crippen molar-refractivity contribution >= 4 is 22.8 Å². The summed E-state index contributed by atoms with van der Waals surface area (Å²) in [6.07, 6.45) is 1.36. The van der Waals surface area contributed by atoms with Crippen molar-refractivity contribution in [3.05, 3.63) is 35.5 Å². The first-order valence-corrected chi connectivity index (χ1v) is 4.89. The highest BCUT2D eigenvalue weighted by Gasteiger charge is 2.09. The Morgan fingerprint density at radius 3 is 2.76 bits per heavy atom. The standard InChI is InChI=1S/C12H10N4O/c13-6-7(12(14)15)5-10-11(17)8-3-1-2-4-9(8)16-10/h1-5,16-17H,(H3,14,15)/b7-5+. The third-order valence-corrected chi connectivity index (χ3v) is 2.41. The third-order valence-electron chi connectivity index (χ3n) is 2.41. The van der Waals surface area contributed by atoms with E-state index in [9.17, 15) is 5.11 Å². The van der Waals surface area contributed by atoms with Crippen molar-refractivity contribution in [2.24, 2.45) is 5.73 Å². The summed E-state index contributed by atoms with van der Waals surface area (Å²) < 4.78 is 0. The van der Waals surface area contributed by atoms with Gasteiger partial charge in [0.05, 0.1) is 11.3 Å². The molecule has 0 amide bonds. The van der Waals surface area contributed by atoms with Crippen LogP contribution >= 0.6 is 0 Å². The van der Waals surface area contributed by atoms with E-state index in [-0.39, 0.29) is 17.2 Å². The Hall–Kier alpha value is -2.74. The van der Waals surface area contributed by atoms with E-state index in [1.54, 1.807) is 18.2 Å². The molecule has 5 N–H and O–H groups in total. The van der Waals surface area contributed by atoms with Crippen molar-refractivity contribution in [1.82, 2.24) is 4.98 Å². The van der Waals surface area contributed by atoms with Crippen LogP contribution in [-0.2, 0) is 0 Å². The van der Waals surface area contributed by atoms with Crippen LogP contribution < -0.4 is 5.73 Å². The molecule has 1 aromatic heterocycles. The van der Waals surface area contributed by atoms with Gasteiger partial charge in [-0.15, -0.1) is 0 Å². The van der Waals surface area contributed by atoms with E-state index in [1.807, 2.05) is 12.1 Å². The van der Waals surface area contributed by atoms with Crippen molar-refractivity contribution < 1.29 is 5.11 Å². The van der Waals surface area contributed by atoms with E-state index in [4.69, 9.17) is 16.4 Å². The Morgan fingerprint density at radius 1 is 1.47 bits per heavy atom. The van der Waals surface area contributed by atoms with Crippen molar-refractivity contribution in [3.8, 4) is 11.8 Å². The number of para-hydroxylation sites is 1. The predicted octanol–water partition coefficient (Wildman–Crippen LogP) is 1.72. The van der Waals surface area contributed by atoms with Gasteiger partial charge in [0.1, 0.15) is 17.7 Å². The maximum atomic E-state index is 9.92. The van der Waals surface area contributed by atoms with Gasteiger partial charge in [0.15, 0.2) is 0 Å². The van der Waals surface area contributed by atoms with E-state index in [0.717, 1.165) is 5.52 Å². The zero-order valence-corrected chi connectivity index (χ0v) is 8.86. The first-order valence-electron chi connectivity index (χ1n) is 4.89. The summed E-state index contributed by atoms with van der Waals surface area (Å²) in [5, 5.41) is 26.6. The molecule has 2 rings (SSSR count). The van der Waals surface area contributed by atoms with Crippen molar-refractivity contribution in [2.45, 2.75) is 0 Å². The highest BCUT2D eigenvalue weighted by molar-refractivity contribution is 6.03. The summed E-state index contributed by atoms with van der Waals surface area (Å²) in [6, 6.07) is 9.02. The Labute approximate surface area is 97.3 Å². The number of nitrogens with one attached hydrogen (secondary N) is 2. The van der Waals surface area contributed by atoms with Gasteiger partial charge in [-0.2, -0.15) is 5.26 Å². The van der Waals surface area contributed by atoms with Gasteiger partial charge in [0.2, 0.25) is 0 Å². The number of rotatable bonds is 2. The molecular formula is C12H10N4O. The summed E-state index contributed by atoms with van der Waals surface area (Å²) in [4.78, 5) is 2.95. The molecule has 1 aromatic carbocycles. The monoisotopic (exact) mass is 226 g/mol. The predicted molar refractivity (Wildman–Crippen MR) is 65.5 cm³/mol. The first kappa shape index (κ1) is 10.8. The Balaban J connectivity index is 2.61. The number of nitriles is 1. The molecule has 0 spiro atoms. The molecule has 1 heterocycles. The molecule has 0 saturated heterocycles. The first-order chi connectivity index (χ1) is 8.13. The number of amidine groups is 1. The van der Waals surface area contributed by atoms with Gasteiger partial charge in [0.25, 0.3) is 0 Å². The van der Waals surface area contributed by atoms with Crippen LogP contribution in [0.15, 0.2) is 29.8 Å². The van der Waals surface area contributed by atoms with Gasteiger partial charge < -0.3 is 15.8 Å². The second-order valence-corrected chi connectivity index (χ2v) is 3.52. The maximum Gasteiger partial charge on any atom is 0.148 e. The molecule has 0 radical (unpaired) electrons. The molecule has 0 aliphatic heterocycles. The Bertz CT molecular complexity index is 661. The number of aromatic hydroxyl groups is 1. The van der Waals surface area contributed by atoms with E-state index in [2.05, 4.69) is 4.98 Å². The second kappa shape index (κ2) is 4.02. The number of hydrogen-bond donors (Lipinski definition) is 4. The van der Waals surface area contributed by atoms with E-state index < -0.39 is 0 Å². The fourth-order valence-electron chi connectivity index (χ4n) is 1.57. The lowest BCUT2D eigenvalue weighted by Crippen LogP contribution is -2.11. The molecule has 0 unspecified atom stereocenters. The van der Waals surface area contributed by atoms with E-state index >= 15 is 0 Å². The van der Waals surface area contributed by atoms with Crippen molar-refractivity contribution in [3.63, 3.8) is 0 Å². The van der Waals surface area contributed by atoms with E-state index in [1.165, 1.54) is 6.08 Å². The molecular weight excluding hydrogens is 216 g/mol. The van der Waals surface area contributed by atoms with Crippen LogP contribution in [0, 0.1) is 16.7 Å². The number of hydrogen-bond acceptors (Lipinski definition) is 3. The van der Waals surface area contributed by atoms with Gasteiger partial charge in [-0.05, 0) is 18.2 Å². The van der Waals surface area contributed by atoms with Gasteiger partial charge in [-0.1, -0.05) is 12.1 Å². The zero-order valence-electron chi connectivity index (χ0n) is 8.86. The number of aromatic amines is 1. The quantitative estimate of drug-likeness (QED) is 0.355. The molecule has 0 aliphatic carbocycles. The number of nitrogens with two attached hydrogens (primary N) is 1. The minimum Gasteiger partial charge on any atom is -0.505 e. The molecule has 0 saturated carbocycles. The SMILES string of the molecule is N#C/C(=C\c1[nH]c2ccccc2c1O)C(=N)N. The smallest absolute Gasteiger partial charge is 0.148 e. The van der Waals surface area contributed by atoms with Crippen LogP contribution in [0.3, 0.4) is 0 Å². The fraction of sp³-hybridized carbons (Fsp3) is 0. The molecule has 5 heteroatoms. The second-order valence-electron chi connectivity index (χ2n) is 3.52. The molecule has 0 atom stereocenters. The van der Waals surface area contributed by atoms with Gasteiger partial charge in [-0.3, -0.25) is 5.41 Å². The Morgan fingerprint density at radius 2 is 2.18 bits per heavy atom. The van der Waals surface area contributed by atoms with Crippen molar-refractivity contribution in [1.29, 1.82) is 10.7 Å². The summed E-state index contributed by atoms with van der Waals surface area (Å²) in [7, 11) is 0. The zero-order chi connectivity index (χ0) is 12.4. The highest BCUT2D eigenvalue weighted by atomic mass is 16.3. The molecule has 0 aliphatic rings. The highest BCUT2D eigenvalue weighted by Crippen LogP contribution is 2.29. The summed E-state index contributed by atoms with van der Waals surface area (Å²) >= 11 is 0. The Kier molecular flexibility index (Phi) is 2.55. The normalized spacial score (nSPS) is 11.4. The van der Waals surface area contributed by atoms with Crippen molar-refractivity contribution in [2.75, 3.05) is 0 Å². The number of benzene rings is 1. The summed E-state index contributed by atoms with van der Waals surface area (Å²) in [5.41, 5.74) is 6.38. The molecule has 17 heavy (non-hydrogen) atoms. The average molecular weight is 226 g/mol. The minimum atomic E-state index is -0.328. The summed E-state index contributed by atoms with van der Waals surface area (Å²) in [6.45, 7) is 0. The fourth-order valence-corrected chi connectivity index (χ4v) is 1.57. The largest absolute Gasteiger partial charge is 0.505 e. The number of aromatic nitrogens is 1. The van der Waals surface area contributed by atoms with Gasteiger partial charge in [-0.25, -0.2) is 0 Å². The van der Waals surface area contributed by atoms with Crippen LogP contribution in [0.4, 0.5) is 0 Å². The van der Waals surface area contributed by atoms with Crippen LogP contribution in [-0.4, -0.2) is 15.9 Å². The third kappa shape index (κ3) is 1.84. The lowest BCUT2D eigenvalue weighted by molar-refractivity contribution is 0.480. The van der Waals surface area contributed by atoms with Crippen LogP contribution in [0.2, 0.25) is 0 Å². The summed E-state index contributed by atoms with van der Waals surface area (Å²) in [5.74, 6) is -0.278. The topological polar surface area (TPSA) is 110 Å².